The summed E-state index contributed by atoms with van der Waals surface area (Å²) in [6.07, 6.45) is 1.92. The fourth-order valence-electron chi connectivity index (χ4n) is 2.08. The Labute approximate surface area is 106 Å². The van der Waals surface area contributed by atoms with Crippen LogP contribution >= 0.6 is 0 Å². The van der Waals surface area contributed by atoms with Gasteiger partial charge in [-0.15, -0.1) is 0 Å². The van der Waals surface area contributed by atoms with Crippen LogP contribution in [-0.2, 0) is 0 Å². The number of aromatic amines is 1. The molecule has 0 saturated heterocycles. The van der Waals surface area contributed by atoms with E-state index in [1.807, 2.05) is 19.2 Å². The minimum absolute atomic E-state index is 0.0919. The SMILES string of the molecule is Cc1cc2c(c(C#CCN)cn2C(C)C)c(=O)[nH]1. The lowest BCUT2D eigenvalue weighted by atomic mass is 10.2. The molecule has 0 saturated carbocycles. The van der Waals surface area contributed by atoms with Crippen LogP contribution in [0, 0.1) is 18.8 Å². The lowest BCUT2D eigenvalue weighted by molar-refractivity contribution is 0.622. The van der Waals surface area contributed by atoms with Gasteiger partial charge in [-0.3, -0.25) is 4.79 Å². The minimum Gasteiger partial charge on any atom is -0.343 e. The van der Waals surface area contributed by atoms with Gasteiger partial charge in [0.05, 0.1) is 23.0 Å². The first-order valence-electron chi connectivity index (χ1n) is 5.98. The second kappa shape index (κ2) is 4.71. The number of aryl methyl sites for hydroxylation is 1. The molecule has 4 nitrogen and oxygen atoms in total. The Bertz CT molecular complexity index is 695. The quantitative estimate of drug-likeness (QED) is 0.746. The summed E-state index contributed by atoms with van der Waals surface area (Å²) in [6.45, 7) is 6.33. The molecule has 0 unspecified atom stereocenters. The third-order valence-corrected chi connectivity index (χ3v) is 2.84. The molecule has 0 aliphatic rings. The van der Waals surface area contributed by atoms with Crippen molar-refractivity contribution in [3.05, 3.63) is 33.9 Å². The van der Waals surface area contributed by atoms with Crippen LogP contribution in [0.3, 0.4) is 0 Å². The Balaban J connectivity index is 2.85. The lowest BCUT2D eigenvalue weighted by Crippen LogP contribution is -2.08. The topological polar surface area (TPSA) is 63.8 Å². The van der Waals surface area contributed by atoms with Gasteiger partial charge in [-0.25, -0.2) is 0 Å². The Morgan fingerprint density at radius 2 is 2.22 bits per heavy atom. The van der Waals surface area contributed by atoms with Crippen LogP contribution in [0.2, 0.25) is 0 Å². The summed E-state index contributed by atoms with van der Waals surface area (Å²) in [7, 11) is 0. The normalized spacial score (nSPS) is 10.7. The number of hydrogen-bond donors (Lipinski definition) is 2. The molecule has 2 aromatic rings. The number of H-pyrrole nitrogens is 1. The Kier molecular flexibility index (Phi) is 3.26. The van der Waals surface area contributed by atoms with Gasteiger partial charge in [0.15, 0.2) is 0 Å². The van der Waals surface area contributed by atoms with Gasteiger partial charge in [0.1, 0.15) is 0 Å². The summed E-state index contributed by atoms with van der Waals surface area (Å²) in [5.41, 5.74) is 7.81. The van der Waals surface area contributed by atoms with Crippen LogP contribution in [0.15, 0.2) is 17.1 Å². The van der Waals surface area contributed by atoms with Crippen LogP contribution in [0.25, 0.3) is 10.9 Å². The summed E-state index contributed by atoms with van der Waals surface area (Å²) in [5.74, 6) is 5.77. The third-order valence-electron chi connectivity index (χ3n) is 2.84. The van der Waals surface area contributed by atoms with E-state index in [1.165, 1.54) is 0 Å². The van der Waals surface area contributed by atoms with Crippen LogP contribution in [0.1, 0.15) is 31.1 Å². The van der Waals surface area contributed by atoms with E-state index in [0.717, 1.165) is 16.8 Å². The van der Waals surface area contributed by atoms with Crippen LogP contribution in [0.4, 0.5) is 0 Å². The van der Waals surface area contributed by atoms with E-state index < -0.39 is 0 Å². The first kappa shape index (κ1) is 12.5. The largest absolute Gasteiger partial charge is 0.343 e. The van der Waals surface area contributed by atoms with E-state index >= 15 is 0 Å². The summed E-state index contributed by atoms with van der Waals surface area (Å²) in [4.78, 5) is 14.9. The molecule has 0 aliphatic carbocycles. The van der Waals surface area contributed by atoms with Gasteiger partial charge >= 0.3 is 0 Å². The van der Waals surface area contributed by atoms with Crippen molar-refractivity contribution in [1.82, 2.24) is 9.55 Å². The number of nitrogens with one attached hydrogen (secondary N) is 1. The highest BCUT2D eigenvalue weighted by Gasteiger charge is 2.12. The number of aromatic nitrogens is 2. The van der Waals surface area contributed by atoms with E-state index in [-0.39, 0.29) is 18.1 Å². The molecule has 94 valence electrons. The first-order valence-corrected chi connectivity index (χ1v) is 5.98. The zero-order valence-corrected chi connectivity index (χ0v) is 10.9. The van der Waals surface area contributed by atoms with E-state index in [1.54, 1.807) is 0 Å². The fraction of sp³-hybridized carbons (Fsp3) is 0.357. The van der Waals surface area contributed by atoms with Gasteiger partial charge in [-0.05, 0) is 26.8 Å². The van der Waals surface area contributed by atoms with Crippen molar-refractivity contribution in [2.75, 3.05) is 6.54 Å². The number of hydrogen-bond acceptors (Lipinski definition) is 2. The molecule has 2 rings (SSSR count). The van der Waals surface area contributed by atoms with Crippen molar-refractivity contribution < 1.29 is 0 Å². The number of fused-ring (bicyclic) bond motifs is 1. The van der Waals surface area contributed by atoms with Crippen molar-refractivity contribution in [3.63, 3.8) is 0 Å². The fourth-order valence-corrected chi connectivity index (χ4v) is 2.08. The van der Waals surface area contributed by atoms with Crippen molar-refractivity contribution >= 4 is 10.9 Å². The predicted molar refractivity (Wildman–Crippen MR) is 73.6 cm³/mol. The van der Waals surface area contributed by atoms with Gasteiger partial charge in [0.2, 0.25) is 0 Å². The molecule has 3 N–H and O–H groups in total. The molecule has 0 aromatic carbocycles. The van der Waals surface area contributed by atoms with Gasteiger partial charge in [-0.1, -0.05) is 11.8 Å². The molecule has 0 fully saturated rings. The lowest BCUT2D eigenvalue weighted by Gasteiger charge is -2.08. The first-order chi connectivity index (χ1) is 8.54. The molecular formula is C14H17N3O. The molecule has 0 aliphatic heterocycles. The maximum absolute atomic E-state index is 12.1. The molecule has 0 amide bonds. The van der Waals surface area contributed by atoms with Gasteiger partial charge in [0.25, 0.3) is 5.56 Å². The van der Waals surface area contributed by atoms with Crippen molar-refractivity contribution in [3.8, 4) is 11.8 Å². The van der Waals surface area contributed by atoms with Crippen LogP contribution in [-0.4, -0.2) is 16.1 Å². The van der Waals surface area contributed by atoms with E-state index in [2.05, 4.69) is 35.2 Å². The summed E-state index contributed by atoms with van der Waals surface area (Å²) < 4.78 is 2.07. The zero-order valence-electron chi connectivity index (χ0n) is 10.9. The Morgan fingerprint density at radius 3 is 2.83 bits per heavy atom. The van der Waals surface area contributed by atoms with E-state index in [9.17, 15) is 4.79 Å². The number of rotatable bonds is 1. The monoisotopic (exact) mass is 243 g/mol. The van der Waals surface area contributed by atoms with Crippen molar-refractivity contribution in [2.45, 2.75) is 26.8 Å². The van der Waals surface area contributed by atoms with E-state index in [0.29, 0.717) is 5.39 Å². The summed E-state index contributed by atoms with van der Waals surface area (Å²) >= 11 is 0. The van der Waals surface area contributed by atoms with E-state index in [4.69, 9.17) is 5.73 Å². The summed E-state index contributed by atoms with van der Waals surface area (Å²) in [6, 6.07) is 2.26. The molecule has 0 atom stereocenters. The summed E-state index contributed by atoms with van der Waals surface area (Å²) in [5, 5.41) is 0.648. The second-order valence-electron chi connectivity index (χ2n) is 4.59. The molecule has 0 spiro atoms. The maximum Gasteiger partial charge on any atom is 0.258 e. The second-order valence-corrected chi connectivity index (χ2v) is 4.59. The third kappa shape index (κ3) is 2.05. The molecular weight excluding hydrogens is 226 g/mol. The standard InChI is InChI=1S/C14H17N3O/c1-9(2)17-8-11(5-4-6-15)13-12(17)7-10(3)16-14(13)18/h7-9H,6,15H2,1-3H3,(H,16,18). The average Bonchev–Trinajstić information content (AvgIpc) is 2.65. The van der Waals surface area contributed by atoms with Gasteiger partial charge in [0, 0.05) is 17.9 Å². The zero-order chi connectivity index (χ0) is 13.3. The Hall–Kier alpha value is -1.99. The number of nitrogens with two attached hydrogens (primary N) is 1. The minimum atomic E-state index is -0.0919. The van der Waals surface area contributed by atoms with Gasteiger partial charge in [-0.2, -0.15) is 0 Å². The highest BCUT2D eigenvalue weighted by atomic mass is 16.1. The van der Waals surface area contributed by atoms with Crippen LogP contribution in [0.5, 0.6) is 0 Å². The highest BCUT2D eigenvalue weighted by molar-refractivity contribution is 5.86. The Morgan fingerprint density at radius 1 is 1.50 bits per heavy atom. The molecule has 0 bridgehead atoms. The number of pyridine rings is 1. The van der Waals surface area contributed by atoms with Crippen LogP contribution < -0.4 is 11.3 Å². The van der Waals surface area contributed by atoms with Gasteiger partial charge < -0.3 is 15.3 Å². The predicted octanol–water partition coefficient (Wildman–Crippen LogP) is 1.53. The molecule has 0 radical (unpaired) electrons. The number of nitrogens with zero attached hydrogens (tertiary/aromatic N) is 1. The average molecular weight is 243 g/mol. The highest BCUT2D eigenvalue weighted by Crippen LogP contribution is 2.21. The molecule has 18 heavy (non-hydrogen) atoms. The molecule has 2 aromatic heterocycles. The molecule has 4 heteroatoms. The molecule has 2 heterocycles. The van der Waals surface area contributed by atoms with Crippen molar-refractivity contribution in [2.24, 2.45) is 5.73 Å². The maximum atomic E-state index is 12.1. The smallest absolute Gasteiger partial charge is 0.258 e. The van der Waals surface area contributed by atoms with Crippen molar-refractivity contribution in [1.29, 1.82) is 0 Å².